The number of oxime groups is 1. The van der Waals surface area contributed by atoms with E-state index < -0.39 is 9.73 Å². The zero-order chi connectivity index (χ0) is 16.2. The van der Waals surface area contributed by atoms with Gasteiger partial charge < -0.3 is 10.9 Å². The second-order valence-electron chi connectivity index (χ2n) is 4.73. The largest absolute Gasteiger partial charge is 0.409 e. The summed E-state index contributed by atoms with van der Waals surface area (Å²) in [6.45, 7) is 0.317. The lowest BCUT2D eigenvalue weighted by Crippen LogP contribution is -2.13. The summed E-state index contributed by atoms with van der Waals surface area (Å²) in [5, 5.41) is 12.2. The summed E-state index contributed by atoms with van der Waals surface area (Å²) in [6, 6.07) is 13.9. The van der Waals surface area contributed by atoms with Crippen molar-refractivity contribution < 1.29 is 9.42 Å². The lowest BCUT2D eigenvalue weighted by Gasteiger charge is -2.06. The number of hydrogen-bond acceptors (Lipinski definition) is 4. The van der Waals surface area contributed by atoms with E-state index in [1.165, 1.54) is 0 Å². The topological polar surface area (TPSA) is 88.0 Å². The minimum Gasteiger partial charge on any atom is -0.409 e. The van der Waals surface area contributed by atoms with Gasteiger partial charge in [-0.3, -0.25) is 0 Å². The first-order valence-corrected chi connectivity index (χ1v) is 8.73. The minimum atomic E-state index is -2.53. The number of nitrogens with two attached hydrogens (primary N) is 1. The average molecular weight is 338 g/mol. The highest BCUT2D eigenvalue weighted by Crippen LogP contribution is 2.16. The lowest BCUT2D eigenvalue weighted by atomic mass is 10.2. The third kappa shape index (κ3) is 3.99. The number of rotatable bonds is 4. The van der Waals surface area contributed by atoms with Crippen molar-refractivity contribution in [2.24, 2.45) is 15.3 Å². The van der Waals surface area contributed by atoms with Crippen molar-refractivity contribution >= 4 is 27.2 Å². The molecular weight excluding hydrogens is 322 g/mol. The van der Waals surface area contributed by atoms with Gasteiger partial charge in [-0.15, -0.1) is 0 Å². The molecule has 0 fully saturated rings. The molecule has 1 unspecified atom stereocenters. The van der Waals surface area contributed by atoms with Gasteiger partial charge in [0.05, 0.1) is 16.3 Å². The molecule has 0 amide bonds. The summed E-state index contributed by atoms with van der Waals surface area (Å²) < 4.78 is 17.0. The van der Waals surface area contributed by atoms with Gasteiger partial charge in [0.1, 0.15) is 0 Å². The first-order valence-electron chi connectivity index (χ1n) is 6.43. The molecule has 0 aromatic heterocycles. The van der Waals surface area contributed by atoms with Gasteiger partial charge >= 0.3 is 0 Å². The number of nitrogens with zero attached hydrogens (tertiary/aromatic N) is 2. The van der Waals surface area contributed by atoms with Crippen LogP contribution in [0.4, 0.5) is 0 Å². The molecule has 2 rings (SSSR count). The van der Waals surface area contributed by atoms with Crippen molar-refractivity contribution in [3.8, 4) is 0 Å². The molecular formula is C15H16ClN3O2S. The van der Waals surface area contributed by atoms with Gasteiger partial charge in [0, 0.05) is 21.7 Å². The molecule has 3 N–H and O–H groups in total. The highest BCUT2D eigenvalue weighted by molar-refractivity contribution is 7.93. The van der Waals surface area contributed by atoms with Crippen LogP contribution in [0.1, 0.15) is 11.1 Å². The summed E-state index contributed by atoms with van der Waals surface area (Å²) in [5.74, 6) is 0.00465. The molecule has 0 saturated heterocycles. The molecule has 2 aromatic rings. The van der Waals surface area contributed by atoms with Crippen LogP contribution in [0.3, 0.4) is 0 Å². The zero-order valence-electron chi connectivity index (χ0n) is 11.9. The van der Waals surface area contributed by atoms with E-state index in [0.717, 1.165) is 5.56 Å². The Morgan fingerprint density at radius 2 is 1.95 bits per heavy atom. The van der Waals surface area contributed by atoms with Crippen molar-refractivity contribution in [2.45, 2.75) is 11.4 Å². The normalized spacial score (nSPS) is 14.4. The molecule has 5 nitrogen and oxygen atoms in total. The minimum absolute atomic E-state index is 0.00465. The molecule has 0 aliphatic rings. The molecule has 1 atom stereocenters. The van der Waals surface area contributed by atoms with Gasteiger partial charge in [0.2, 0.25) is 0 Å². The summed E-state index contributed by atoms with van der Waals surface area (Å²) in [5.41, 5.74) is 6.95. The summed E-state index contributed by atoms with van der Waals surface area (Å²) in [7, 11) is -2.53. The Bertz CT molecular complexity index is 810. The number of halogens is 1. The molecule has 0 aliphatic carbocycles. The van der Waals surface area contributed by atoms with E-state index in [9.17, 15) is 4.21 Å². The molecule has 0 radical (unpaired) electrons. The maximum absolute atomic E-state index is 12.7. The third-order valence-corrected chi connectivity index (χ3v) is 5.08. The van der Waals surface area contributed by atoms with Gasteiger partial charge in [0.25, 0.3) is 0 Å². The Morgan fingerprint density at radius 1 is 1.27 bits per heavy atom. The second-order valence-corrected chi connectivity index (χ2v) is 7.50. The van der Waals surface area contributed by atoms with Gasteiger partial charge in [0.15, 0.2) is 5.84 Å². The molecule has 7 heteroatoms. The van der Waals surface area contributed by atoms with Crippen molar-refractivity contribution in [2.75, 3.05) is 6.26 Å². The Balaban J connectivity index is 2.26. The van der Waals surface area contributed by atoms with Crippen LogP contribution >= 0.6 is 11.6 Å². The van der Waals surface area contributed by atoms with Crippen LogP contribution < -0.4 is 5.73 Å². The number of benzene rings is 2. The number of hydrogen-bond donors (Lipinski definition) is 2. The Labute approximate surface area is 134 Å². The van der Waals surface area contributed by atoms with Gasteiger partial charge in [-0.25, -0.2) is 8.57 Å². The van der Waals surface area contributed by atoms with E-state index in [1.54, 1.807) is 42.7 Å². The molecule has 2 aromatic carbocycles. The van der Waals surface area contributed by atoms with Crippen molar-refractivity contribution in [3.63, 3.8) is 0 Å². The predicted molar refractivity (Wildman–Crippen MR) is 88.9 cm³/mol. The quantitative estimate of drug-likeness (QED) is 0.389. The molecule has 0 saturated carbocycles. The molecule has 0 bridgehead atoms. The molecule has 22 heavy (non-hydrogen) atoms. The zero-order valence-corrected chi connectivity index (χ0v) is 13.5. The first-order chi connectivity index (χ1) is 10.4. The third-order valence-electron chi connectivity index (χ3n) is 3.08. The summed E-state index contributed by atoms with van der Waals surface area (Å²) in [6.07, 6.45) is 1.58. The standard InChI is InChI=1S/C15H16ClN3O2S/c1-22(21,18-10-11-3-2-4-13(16)9-11)14-7-5-12(6-8-14)15(17)19-20/h2-9,20H,10H2,1H3,(H2,17,19). The van der Waals surface area contributed by atoms with E-state index in [-0.39, 0.29) is 5.84 Å². The summed E-state index contributed by atoms with van der Waals surface area (Å²) in [4.78, 5) is 0.587. The number of amidine groups is 1. The van der Waals surface area contributed by atoms with Crippen LogP contribution in [0, 0.1) is 0 Å². The van der Waals surface area contributed by atoms with Crippen LogP contribution in [0.5, 0.6) is 0 Å². The van der Waals surface area contributed by atoms with E-state index in [2.05, 4.69) is 9.52 Å². The molecule has 0 heterocycles. The van der Waals surface area contributed by atoms with E-state index >= 15 is 0 Å². The second kappa shape index (κ2) is 6.81. The fourth-order valence-electron chi connectivity index (χ4n) is 1.84. The Morgan fingerprint density at radius 3 is 2.55 bits per heavy atom. The van der Waals surface area contributed by atoms with Crippen LogP contribution in [-0.4, -0.2) is 21.5 Å². The fourth-order valence-corrected chi connectivity index (χ4v) is 3.24. The Kier molecular flexibility index (Phi) is 5.05. The molecule has 0 aliphatic heterocycles. The molecule has 116 valence electrons. The lowest BCUT2D eigenvalue weighted by molar-refractivity contribution is 0.318. The SMILES string of the molecule is CS(=O)(=NCc1cccc(Cl)c1)c1ccc(C(N)=NO)cc1. The molecule has 0 spiro atoms. The van der Waals surface area contributed by atoms with Gasteiger partial charge in [-0.2, -0.15) is 0 Å². The predicted octanol–water partition coefficient (Wildman–Crippen LogP) is 3.09. The highest BCUT2D eigenvalue weighted by Gasteiger charge is 2.07. The monoisotopic (exact) mass is 337 g/mol. The van der Waals surface area contributed by atoms with Gasteiger partial charge in [-0.05, 0) is 42.0 Å². The van der Waals surface area contributed by atoms with E-state index in [1.807, 2.05) is 12.1 Å². The first kappa shape index (κ1) is 16.3. The highest BCUT2D eigenvalue weighted by atomic mass is 35.5. The van der Waals surface area contributed by atoms with Crippen LogP contribution in [0.2, 0.25) is 5.02 Å². The smallest absolute Gasteiger partial charge is 0.170 e. The van der Waals surface area contributed by atoms with Gasteiger partial charge in [-0.1, -0.05) is 28.9 Å². The average Bonchev–Trinajstić information content (AvgIpc) is 2.52. The fraction of sp³-hybridized carbons (Fsp3) is 0.133. The van der Waals surface area contributed by atoms with Crippen molar-refractivity contribution in [1.82, 2.24) is 0 Å². The van der Waals surface area contributed by atoms with Crippen LogP contribution in [0.15, 0.2) is 62.9 Å². The summed E-state index contributed by atoms with van der Waals surface area (Å²) >= 11 is 5.92. The van der Waals surface area contributed by atoms with E-state index in [0.29, 0.717) is 22.0 Å². The maximum atomic E-state index is 12.7. The maximum Gasteiger partial charge on any atom is 0.170 e. The van der Waals surface area contributed by atoms with Crippen LogP contribution in [0.25, 0.3) is 0 Å². The van der Waals surface area contributed by atoms with Crippen LogP contribution in [-0.2, 0) is 16.3 Å². The Hall–Kier alpha value is -2.05. The van der Waals surface area contributed by atoms with Crippen molar-refractivity contribution in [1.29, 1.82) is 0 Å². The van der Waals surface area contributed by atoms with Crippen molar-refractivity contribution in [3.05, 3.63) is 64.7 Å². The van der Waals surface area contributed by atoms with E-state index in [4.69, 9.17) is 22.5 Å².